The molecule has 0 radical (unpaired) electrons. The summed E-state index contributed by atoms with van der Waals surface area (Å²) >= 11 is 0. The van der Waals surface area contributed by atoms with Crippen LogP contribution < -0.4 is 19.5 Å². The first-order chi connectivity index (χ1) is 32.2. The van der Waals surface area contributed by atoms with Crippen molar-refractivity contribution in [2.45, 2.75) is 108 Å². The molecule has 2 fully saturated rings. The van der Waals surface area contributed by atoms with Crippen molar-refractivity contribution in [1.82, 2.24) is 10.2 Å². The van der Waals surface area contributed by atoms with E-state index in [1.807, 2.05) is 43.3 Å². The SMILES string of the molecule is C=CCO[C@@]12Oc3ccc(OC(=O)NCc4ccccc4)cc3[C@H]3[C@H](CCCCO)[C@@H](CCCCO)C=C(C(=NOC4CCCCO4)C[C@@H]1N(CCC)C(=O)Oc1ccc([N+](=O)[O-])cc1)[C@H]32. The molecule has 3 aromatic rings. The number of nitrogens with one attached hydrogen (secondary N) is 1. The standard InChI is InChI=1S/C50H62N4O12/c1-3-25-53(49(58)64-37-21-19-36(20-22-37)54(59)60)44-32-42(52-66-45-18-10-13-29-61-45)40-30-35(16-8-11-26-55)39(17-9-12-27-56)46-41-31-38(63-48(57)51-33-34-14-6-5-7-15-34)23-24-43(41)65-50(44,47(40)46)62-28-4-2/h4-7,14-15,19-24,30-31,35,39,44-47,55-56H,2-3,8-13,16-18,25-29,32-33H2,1H3,(H,51,57)/t35-,39+,44-,45?,46+,47+,50+/m0/s1. The Balaban J connectivity index is 1.38. The van der Waals surface area contributed by atoms with Gasteiger partial charge < -0.3 is 44.1 Å². The summed E-state index contributed by atoms with van der Waals surface area (Å²) < 4.78 is 32.2. The molecule has 2 aliphatic heterocycles. The normalized spacial score (nSPS) is 24.7. The fraction of sp³-hybridized carbons (Fsp3) is 0.500. The summed E-state index contributed by atoms with van der Waals surface area (Å²) in [5.41, 5.74) is 2.98. The second-order valence-corrected chi connectivity index (χ2v) is 17.2. The van der Waals surface area contributed by atoms with E-state index in [9.17, 15) is 29.9 Å². The fourth-order valence-corrected chi connectivity index (χ4v) is 9.95. The minimum Gasteiger partial charge on any atom is -0.459 e. The Bertz CT molecular complexity index is 2180. The number of aliphatic hydroxyl groups is 2. The average Bonchev–Trinajstić information content (AvgIpc) is 3.33. The van der Waals surface area contributed by atoms with Crippen LogP contribution in [0.15, 0.2) is 102 Å². The molecule has 3 N–H and O–H groups in total. The number of nitro groups is 1. The number of benzene rings is 3. The number of nitrogens with zero attached hydrogens (tertiary/aromatic N) is 3. The molecule has 1 unspecified atom stereocenters. The smallest absolute Gasteiger partial charge is 0.415 e. The van der Waals surface area contributed by atoms with Gasteiger partial charge in [-0.2, -0.15) is 0 Å². The third kappa shape index (κ3) is 11.2. The van der Waals surface area contributed by atoms with Gasteiger partial charge in [-0.05, 0) is 98.2 Å². The van der Waals surface area contributed by atoms with Gasteiger partial charge in [-0.15, -0.1) is 6.58 Å². The molecule has 1 saturated heterocycles. The first kappa shape index (κ1) is 48.1. The van der Waals surface area contributed by atoms with Crippen molar-refractivity contribution in [3.05, 3.63) is 118 Å². The van der Waals surface area contributed by atoms with Crippen LogP contribution in [0.5, 0.6) is 17.2 Å². The summed E-state index contributed by atoms with van der Waals surface area (Å²) in [5.74, 6) is -1.76. The van der Waals surface area contributed by atoms with Crippen molar-refractivity contribution in [3.8, 4) is 17.2 Å². The van der Waals surface area contributed by atoms with Gasteiger partial charge in [0.05, 0.1) is 29.8 Å². The molecule has 4 aliphatic rings. The van der Waals surface area contributed by atoms with E-state index in [1.165, 1.54) is 24.3 Å². The van der Waals surface area contributed by atoms with Crippen molar-refractivity contribution in [3.63, 3.8) is 0 Å². The number of non-ortho nitro benzene ring substituents is 1. The molecular weight excluding hydrogens is 849 g/mol. The number of nitro benzene ring substituents is 1. The zero-order chi connectivity index (χ0) is 46.5. The van der Waals surface area contributed by atoms with Gasteiger partial charge >= 0.3 is 12.2 Å². The molecule has 7 rings (SSSR count). The van der Waals surface area contributed by atoms with Crippen LogP contribution in [-0.2, 0) is 20.9 Å². The number of unbranched alkanes of at least 4 members (excludes halogenated alkanes) is 2. The highest BCUT2D eigenvalue weighted by molar-refractivity contribution is 6.03. The van der Waals surface area contributed by atoms with Crippen LogP contribution in [0.4, 0.5) is 15.3 Å². The summed E-state index contributed by atoms with van der Waals surface area (Å²) in [6, 6.07) is 19.3. The lowest BCUT2D eigenvalue weighted by Gasteiger charge is -2.59. The van der Waals surface area contributed by atoms with E-state index in [2.05, 4.69) is 18.0 Å². The number of ether oxygens (including phenoxy) is 5. The second kappa shape index (κ2) is 23.1. The Morgan fingerprint density at radius 2 is 1.76 bits per heavy atom. The lowest BCUT2D eigenvalue weighted by atomic mass is 9.55. The molecule has 0 spiro atoms. The molecule has 16 heteroatoms. The Morgan fingerprint density at radius 1 is 1.00 bits per heavy atom. The Labute approximate surface area is 385 Å². The summed E-state index contributed by atoms with van der Waals surface area (Å²) in [7, 11) is 0. The number of carbonyl (C=O) groups is 2. The number of hydrogen-bond donors (Lipinski definition) is 3. The van der Waals surface area contributed by atoms with E-state index in [0.29, 0.717) is 55.9 Å². The first-order valence-corrected chi connectivity index (χ1v) is 23.3. The molecule has 16 nitrogen and oxygen atoms in total. The highest BCUT2D eigenvalue weighted by Gasteiger charge is 2.65. The van der Waals surface area contributed by atoms with Crippen LogP contribution in [0, 0.1) is 27.9 Å². The quantitative estimate of drug-likeness (QED) is 0.0397. The predicted molar refractivity (Wildman–Crippen MR) is 245 cm³/mol. The largest absolute Gasteiger partial charge is 0.459 e. The van der Waals surface area contributed by atoms with Gasteiger partial charge in [0, 0.05) is 62.8 Å². The number of amides is 2. The lowest BCUT2D eigenvalue weighted by molar-refractivity contribution is -0.384. The van der Waals surface area contributed by atoms with Gasteiger partial charge in [0.25, 0.3) is 5.69 Å². The number of aliphatic hydroxyl groups excluding tert-OH is 2. The topological polar surface area (TPSA) is 201 Å². The monoisotopic (exact) mass is 910 g/mol. The maximum absolute atomic E-state index is 14.7. The van der Waals surface area contributed by atoms with Crippen LogP contribution in [-0.4, -0.2) is 89.0 Å². The van der Waals surface area contributed by atoms with E-state index >= 15 is 0 Å². The molecule has 2 amide bonds. The van der Waals surface area contributed by atoms with Crippen molar-refractivity contribution < 1.29 is 53.2 Å². The van der Waals surface area contributed by atoms with Gasteiger partial charge in [0.15, 0.2) is 0 Å². The number of carbonyl (C=O) groups excluding carboxylic acids is 2. The fourth-order valence-electron chi connectivity index (χ4n) is 9.95. The van der Waals surface area contributed by atoms with Crippen LogP contribution in [0.2, 0.25) is 0 Å². The summed E-state index contributed by atoms with van der Waals surface area (Å²) in [6.07, 6.45) is 9.28. The summed E-state index contributed by atoms with van der Waals surface area (Å²) in [4.78, 5) is 46.7. The zero-order valence-corrected chi connectivity index (χ0v) is 37.6. The highest BCUT2D eigenvalue weighted by atomic mass is 16.8. The molecule has 0 aromatic heterocycles. The van der Waals surface area contributed by atoms with Crippen molar-refractivity contribution in [1.29, 1.82) is 0 Å². The van der Waals surface area contributed by atoms with Crippen LogP contribution in [0.1, 0.15) is 94.6 Å². The predicted octanol–water partition coefficient (Wildman–Crippen LogP) is 8.95. The maximum Gasteiger partial charge on any atom is 0.415 e. The second-order valence-electron chi connectivity index (χ2n) is 17.2. The number of oxime groups is 1. The number of fused-ring (bicyclic) bond motifs is 2. The average molecular weight is 911 g/mol. The minimum absolute atomic E-state index is 0.0279. The zero-order valence-electron chi connectivity index (χ0n) is 37.6. The van der Waals surface area contributed by atoms with E-state index < -0.39 is 41.1 Å². The molecule has 2 aliphatic carbocycles. The van der Waals surface area contributed by atoms with Gasteiger partial charge in [-0.3, -0.25) is 15.0 Å². The number of allylic oxidation sites excluding steroid dienone is 1. The van der Waals surface area contributed by atoms with Gasteiger partial charge in [0.2, 0.25) is 12.1 Å². The molecule has 0 bridgehead atoms. The van der Waals surface area contributed by atoms with Gasteiger partial charge in [-0.25, -0.2) is 9.59 Å². The Morgan fingerprint density at radius 3 is 2.45 bits per heavy atom. The van der Waals surface area contributed by atoms with Gasteiger partial charge in [0.1, 0.15) is 23.3 Å². The highest BCUT2D eigenvalue weighted by Crippen LogP contribution is 2.62. The maximum atomic E-state index is 14.7. The Kier molecular flexibility index (Phi) is 16.8. The third-order valence-electron chi connectivity index (χ3n) is 12.9. The lowest BCUT2D eigenvalue weighted by Crippen LogP contribution is -2.70. The summed E-state index contributed by atoms with van der Waals surface area (Å²) in [6.45, 7) is 7.12. The van der Waals surface area contributed by atoms with Crippen LogP contribution >= 0.6 is 0 Å². The summed E-state index contributed by atoms with van der Waals surface area (Å²) in [5, 5.41) is 39.1. The van der Waals surface area contributed by atoms with Crippen LogP contribution in [0.3, 0.4) is 0 Å². The van der Waals surface area contributed by atoms with E-state index in [0.717, 1.165) is 48.8 Å². The molecule has 2 heterocycles. The van der Waals surface area contributed by atoms with E-state index in [1.54, 1.807) is 23.1 Å². The number of hydrogen-bond acceptors (Lipinski definition) is 13. The third-order valence-corrected chi connectivity index (χ3v) is 12.9. The van der Waals surface area contributed by atoms with Crippen molar-refractivity contribution in [2.24, 2.45) is 22.9 Å². The number of rotatable bonds is 21. The van der Waals surface area contributed by atoms with Crippen molar-refractivity contribution in [2.75, 3.05) is 33.0 Å². The molecule has 3 aromatic carbocycles. The van der Waals surface area contributed by atoms with Crippen LogP contribution in [0.25, 0.3) is 0 Å². The Hall–Kier alpha value is -5.81. The minimum atomic E-state index is -1.57. The molecule has 66 heavy (non-hydrogen) atoms. The van der Waals surface area contributed by atoms with E-state index in [-0.39, 0.29) is 68.5 Å². The van der Waals surface area contributed by atoms with E-state index in [4.69, 9.17) is 33.7 Å². The first-order valence-electron chi connectivity index (χ1n) is 23.3. The molecular formula is C50H62N4O12. The molecule has 7 atom stereocenters. The molecule has 1 saturated carbocycles. The molecule has 354 valence electrons. The van der Waals surface area contributed by atoms with Gasteiger partial charge in [-0.1, -0.05) is 67.4 Å². The van der Waals surface area contributed by atoms with Crippen molar-refractivity contribution >= 4 is 23.6 Å².